The molecule has 112 valence electrons. The molecule has 21 heavy (non-hydrogen) atoms. The first-order valence-electron chi connectivity index (χ1n) is 7.60. The molecule has 0 spiro atoms. The fraction of sp³-hybridized carbons (Fsp3) is 0.444. The van der Waals surface area contributed by atoms with Crippen molar-refractivity contribution in [1.82, 2.24) is 5.32 Å². The van der Waals surface area contributed by atoms with Gasteiger partial charge in [-0.25, -0.2) is 0 Å². The quantitative estimate of drug-likeness (QED) is 0.860. The SMILES string of the molecule is CCC1(C)C(NC)CC1Oc1ccc2cc(Br)ccc2c1. The molecule has 3 atom stereocenters. The normalized spacial score (nSPS) is 28.4. The van der Waals surface area contributed by atoms with Gasteiger partial charge in [0.2, 0.25) is 0 Å². The number of halogens is 1. The Kier molecular flexibility index (Phi) is 3.98. The Labute approximate surface area is 135 Å². The zero-order chi connectivity index (χ0) is 15.0. The third-order valence-corrected chi connectivity index (χ3v) is 5.64. The molecular formula is C18H22BrNO. The minimum absolute atomic E-state index is 0.226. The van der Waals surface area contributed by atoms with Gasteiger partial charge in [-0.15, -0.1) is 0 Å². The summed E-state index contributed by atoms with van der Waals surface area (Å²) in [6.45, 7) is 4.57. The van der Waals surface area contributed by atoms with Gasteiger partial charge in [-0.1, -0.05) is 41.9 Å². The molecule has 1 aliphatic rings. The number of benzene rings is 2. The Hall–Kier alpha value is -1.06. The number of hydrogen-bond acceptors (Lipinski definition) is 2. The van der Waals surface area contributed by atoms with E-state index in [0.29, 0.717) is 12.1 Å². The van der Waals surface area contributed by atoms with Crippen molar-refractivity contribution in [2.75, 3.05) is 7.05 Å². The molecule has 3 heteroatoms. The number of hydrogen-bond donors (Lipinski definition) is 1. The molecule has 0 amide bonds. The van der Waals surface area contributed by atoms with Crippen LogP contribution >= 0.6 is 15.9 Å². The van der Waals surface area contributed by atoms with E-state index in [1.165, 1.54) is 10.8 Å². The maximum Gasteiger partial charge on any atom is 0.120 e. The third-order valence-electron chi connectivity index (χ3n) is 5.14. The lowest BCUT2D eigenvalue weighted by Crippen LogP contribution is -2.62. The Morgan fingerprint density at radius 2 is 1.95 bits per heavy atom. The average molecular weight is 348 g/mol. The Bertz CT molecular complexity index is 657. The maximum atomic E-state index is 6.28. The van der Waals surface area contributed by atoms with Crippen LogP contribution in [0.4, 0.5) is 0 Å². The van der Waals surface area contributed by atoms with Gasteiger partial charge < -0.3 is 10.1 Å². The molecule has 0 radical (unpaired) electrons. The molecule has 1 saturated carbocycles. The van der Waals surface area contributed by atoms with Gasteiger partial charge in [-0.3, -0.25) is 0 Å². The van der Waals surface area contributed by atoms with Gasteiger partial charge in [0.25, 0.3) is 0 Å². The smallest absolute Gasteiger partial charge is 0.120 e. The van der Waals surface area contributed by atoms with Gasteiger partial charge in [-0.05, 0) is 48.5 Å². The maximum absolute atomic E-state index is 6.28. The van der Waals surface area contributed by atoms with Crippen molar-refractivity contribution in [3.63, 3.8) is 0 Å². The lowest BCUT2D eigenvalue weighted by atomic mass is 9.61. The molecule has 2 aromatic carbocycles. The molecule has 2 aromatic rings. The van der Waals surface area contributed by atoms with E-state index in [9.17, 15) is 0 Å². The van der Waals surface area contributed by atoms with E-state index in [-0.39, 0.29) is 5.41 Å². The molecule has 0 aliphatic heterocycles. The molecule has 0 aromatic heterocycles. The number of ether oxygens (including phenoxy) is 1. The Morgan fingerprint density at radius 1 is 1.24 bits per heavy atom. The van der Waals surface area contributed by atoms with Gasteiger partial charge in [0.15, 0.2) is 0 Å². The van der Waals surface area contributed by atoms with Crippen molar-refractivity contribution in [2.45, 2.75) is 38.8 Å². The molecule has 1 fully saturated rings. The third kappa shape index (κ3) is 2.58. The lowest BCUT2D eigenvalue weighted by molar-refractivity contribution is -0.0676. The number of fused-ring (bicyclic) bond motifs is 1. The molecule has 0 bridgehead atoms. The minimum Gasteiger partial charge on any atom is -0.490 e. The first-order chi connectivity index (χ1) is 10.1. The van der Waals surface area contributed by atoms with Gasteiger partial charge in [0.05, 0.1) is 0 Å². The number of rotatable bonds is 4. The van der Waals surface area contributed by atoms with Crippen LogP contribution < -0.4 is 10.1 Å². The monoisotopic (exact) mass is 347 g/mol. The van der Waals surface area contributed by atoms with E-state index in [1.54, 1.807) is 0 Å². The minimum atomic E-state index is 0.226. The topological polar surface area (TPSA) is 21.3 Å². The fourth-order valence-electron chi connectivity index (χ4n) is 3.35. The van der Waals surface area contributed by atoms with Crippen LogP contribution in [0.5, 0.6) is 5.75 Å². The molecule has 0 heterocycles. The van der Waals surface area contributed by atoms with Crippen molar-refractivity contribution in [3.05, 3.63) is 40.9 Å². The van der Waals surface area contributed by atoms with E-state index >= 15 is 0 Å². The molecule has 3 unspecified atom stereocenters. The second-order valence-electron chi connectivity index (χ2n) is 6.20. The molecule has 3 rings (SSSR count). The first-order valence-corrected chi connectivity index (χ1v) is 8.39. The summed E-state index contributed by atoms with van der Waals surface area (Å²) < 4.78 is 7.38. The summed E-state index contributed by atoms with van der Waals surface area (Å²) in [5, 5.41) is 5.86. The van der Waals surface area contributed by atoms with Gasteiger partial charge >= 0.3 is 0 Å². The van der Waals surface area contributed by atoms with Crippen LogP contribution in [0.15, 0.2) is 40.9 Å². The average Bonchev–Trinajstić information content (AvgIpc) is 2.50. The van der Waals surface area contributed by atoms with Crippen LogP contribution in [-0.2, 0) is 0 Å². The lowest BCUT2D eigenvalue weighted by Gasteiger charge is -2.53. The summed E-state index contributed by atoms with van der Waals surface area (Å²) in [5.41, 5.74) is 0.226. The molecule has 2 nitrogen and oxygen atoms in total. The van der Waals surface area contributed by atoms with Crippen LogP contribution in [0.2, 0.25) is 0 Å². The van der Waals surface area contributed by atoms with Gasteiger partial charge in [-0.2, -0.15) is 0 Å². The van der Waals surface area contributed by atoms with E-state index in [4.69, 9.17) is 4.74 Å². The van der Waals surface area contributed by atoms with E-state index < -0.39 is 0 Å². The summed E-state index contributed by atoms with van der Waals surface area (Å²) >= 11 is 3.51. The van der Waals surface area contributed by atoms with Crippen molar-refractivity contribution in [1.29, 1.82) is 0 Å². The van der Waals surface area contributed by atoms with Gasteiger partial charge in [0.1, 0.15) is 11.9 Å². The largest absolute Gasteiger partial charge is 0.490 e. The van der Waals surface area contributed by atoms with Crippen LogP contribution in [0.1, 0.15) is 26.7 Å². The summed E-state index contributed by atoms with van der Waals surface area (Å²) in [5.74, 6) is 0.976. The van der Waals surface area contributed by atoms with Crippen LogP contribution in [0.25, 0.3) is 10.8 Å². The summed E-state index contributed by atoms with van der Waals surface area (Å²) in [4.78, 5) is 0. The first kappa shape index (κ1) is 14.9. The molecular weight excluding hydrogens is 326 g/mol. The molecule has 0 saturated heterocycles. The molecule has 1 N–H and O–H groups in total. The van der Waals surface area contributed by atoms with E-state index in [1.807, 2.05) is 7.05 Å². The summed E-state index contributed by atoms with van der Waals surface area (Å²) in [6.07, 6.45) is 2.51. The predicted molar refractivity (Wildman–Crippen MR) is 91.9 cm³/mol. The zero-order valence-electron chi connectivity index (χ0n) is 12.8. The standard InChI is InChI=1S/C18H22BrNO/c1-4-18(2)16(20-3)11-17(18)21-15-8-6-12-9-14(19)7-5-13(12)10-15/h5-10,16-17,20H,4,11H2,1-3H3. The molecule has 1 aliphatic carbocycles. The highest BCUT2D eigenvalue weighted by molar-refractivity contribution is 9.10. The van der Waals surface area contributed by atoms with E-state index in [0.717, 1.165) is 23.1 Å². The summed E-state index contributed by atoms with van der Waals surface area (Å²) in [6, 6.07) is 13.2. The highest BCUT2D eigenvalue weighted by Crippen LogP contribution is 2.46. The second-order valence-corrected chi connectivity index (χ2v) is 7.11. The fourth-order valence-corrected chi connectivity index (χ4v) is 3.73. The summed E-state index contributed by atoms with van der Waals surface area (Å²) in [7, 11) is 2.04. The van der Waals surface area contributed by atoms with E-state index in [2.05, 4.69) is 71.5 Å². The Morgan fingerprint density at radius 3 is 2.67 bits per heavy atom. The van der Waals surface area contributed by atoms with Crippen molar-refractivity contribution < 1.29 is 4.74 Å². The Balaban J connectivity index is 1.81. The number of nitrogens with one attached hydrogen (secondary N) is 1. The van der Waals surface area contributed by atoms with Crippen LogP contribution in [0.3, 0.4) is 0 Å². The highest BCUT2D eigenvalue weighted by Gasteiger charge is 2.51. The second kappa shape index (κ2) is 5.62. The highest BCUT2D eigenvalue weighted by atomic mass is 79.9. The van der Waals surface area contributed by atoms with Crippen LogP contribution in [-0.4, -0.2) is 19.2 Å². The van der Waals surface area contributed by atoms with Crippen molar-refractivity contribution in [3.8, 4) is 5.75 Å². The zero-order valence-corrected chi connectivity index (χ0v) is 14.4. The van der Waals surface area contributed by atoms with Gasteiger partial charge in [0, 0.05) is 22.4 Å². The van der Waals surface area contributed by atoms with Crippen LogP contribution in [0, 0.1) is 5.41 Å². The van der Waals surface area contributed by atoms with Crippen molar-refractivity contribution >= 4 is 26.7 Å². The predicted octanol–water partition coefficient (Wildman–Crippen LogP) is 4.76. The van der Waals surface area contributed by atoms with Crippen molar-refractivity contribution in [2.24, 2.45) is 5.41 Å².